The van der Waals surface area contributed by atoms with E-state index in [0.29, 0.717) is 11.6 Å². The summed E-state index contributed by atoms with van der Waals surface area (Å²) in [5.74, 6) is 0.852. The predicted molar refractivity (Wildman–Crippen MR) is 60.3 cm³/mol. The lowest BCUT2D eigenvalue weighted by Gasteiger charge is -2.12. The first-order valence-electron chi connectivity index (χ1n) is 5.20. The molecule has 0 aliphatic carbocycles. The van der Waals surface area contributed by atoms with Crippen LogP contribution in [0.4, 0.5) is 10.6 Å². The molecule has 17 heavy (non-hydrogen) atoms. The van der Waals surface area contributed by atoms with Crippen molar-refractivity contribution in [3.63, 3.8) is 0 Å². The van der Waals surface area contributed by atoms with Gasteiger partial charge in [0.25, 0.3) is 0 Å². The van der Waals surface area contributed by atoms with Crippen molar-refractivity contribution in [2.45, 2.75) is 13.5 Å². The van der Waals surface area contributed by atoms with Gasteiger partial charge < -0.3 is 10.6 Å². The van der Waals surface area contributed by atoms with E-state index in [1.54, 1.807) is 13.1 Å². The number of carbonyl (C=O) groups excluding carboxylic acids is 2. The van der Waals surface area contributed by atoms with Crippen molar-refractivity contribution in [2.75, 3.05) is 18.9 Å². The van der Waals surface area contributed by atoms with Gasteiger partial charge in [0.05, 0.1) is 13.1 Å². The van der Waals surface area contributed by atoms with Crippen LogP contribution in [0.15, 0.2) is 6.07 Å². The molecule has 0 bridgehead atoms. The van der Waals surface area contributed by atoms with Crippen molar-refractivity contribution in [3.05, 3.63) is 17.6 Å². The summed E-state index contributed by atoms with van der Waals surface area (Å²) in [6.45, 7) is 1.97. The van der Waals surface area contributed by atoms with Crippen LogP contribution in [0.5, 0.6) is 0 Å². The van der Waals surface area contributed by atoms with Crippen LogP contribution in [0.1, 0.15) is 11.5 Å². The number of hydrogen-bond acceptors (Lipinski definition) is 5. The molecule has 7 heteroatoms. The SMILES string of the molecule is CNc1cc(C)nc(CN2C(=O)CNC2=O)n1. The molecule has 1 aliphatic rings. The summed E-state index contributed by atoms with van der Waals surface area (Å²) < 4.78 is 0. The van der Waals surface area contributed by atoms with Gasteiger partial charge in [0.15, 0.2) is 5.82 Å². The number of carbonyl (C=O) groups is 2. The first-order chi connectivity index (χ1) is 8.10. The third-order valence-corrected chi connectivity index (χ3v) is 2.39. The molecular formula is C10H13N5O2. The summed E-state index contributed by atoms with van der Waals surface area (Å²) in [5, 5.41) is 5.35. The van der Waals surface area contributed by atoms with E-state index in [2.05, 4.69) is 20.6 Å². The highest BCUT2D eigenvalue weighted by Gasteiger charge is 2.29. The minimum atomic E-state index is -0.397. The minimum absolute atomic E-state index is 0.0452. The van der Waals surface area contributed by atoms with Crippen LogP contribution >= 0.6 is 0 Å². The lowest BCUT2D eigenvalue weighted by atomic mass is 10.4. The maximum atomic E-state index is 11.4. The molecule has 0 saturated carbocycles. The number of nitrogens with one attached hydrogen (secondary N) is 2. The lowest BCUT2D eigenvalue weighted by molar-refractivity contribution is -0.125. The third kappa shape index (κ3) is 2.32. The monoisotopic (exact) mass is 235 g/mol. The molecule has 1 aliphatic heterocycles. The van der Waals surface area contributed by atoms with E-state index in [-0.39, 0.29) is 19.0 Å². The Hall–Kier alpha value is -2.18. The maximum Gasteiger partial charge on any atom is 0.325 e. The molecule has 0 radical (unpaired) electrons. The van der Waals surface area contributed by atoms with Gasteiger partial charge >= 0.3 is 6.03 Å². The molecule has 90 valence electrons. The third-order valence-electron chi connectivity index (χ3n) is 2.39. The van der Waals surface area contributed by atoms with Crippen LogP contribution in [-0.2, 0) is 11.3 Å². The van der Waals surface area contributed by atoms with Crippen molar-refractivity contribution in [3.8, 4) is 0 Å². The van der Waals surface area contributed by atoms with Crippen molar-refractivity contribution in [2.24, 2.45) is 0 Å². The Morgan fingerprint density at radius 3 is 2.82 bits per heavy atom. The summed E-state index contributed by atoms with van der Waals surface area (Å²) in [4.78, 5) is 32.2. The van der Waals surface area contributed by atoms with Crippen molar-refractivity contribution >= 4 is 17.8 Å². The van der Waals surface area contributed by atoms with Crippen molar-refractivity contribution in [1.29, 1.82) is 0 Å². The highest BCUT2D eigenvalue weighted by atomic mass is 16.2. The molecule has 0 aromatic carbocycles. The molecular weight excluding hydrogens is 222 g/mol. The molecule has 0 spiro atoms. The fraction of sp³-hybridized carbons (Fsp3) is 0.400. The number of aryl methyl sites for hydroxylation is 1. The normalized spacial score (nSPS) is 15.1. The van der Waals surface area contributed by atoms with Gasteiger partial charge in [-0.25, -0.2) is 14.8 Å². The number of nitrogens with zero attached hydrogens (tertiary/aromatic N) is 3. The van der Waals surface area contributed by atoms with Crippen LogP contribution in [0, 0.1) is 6.92 Å². The first kappa shape index (κ1) is 11.3. The highest BCUT2D eigenvalue weighted by Crippen LogP contribution is 2.09. The molecule has 1 fully saturated rings. The van der Waals surface area contributed by atoms with Crippen LogP contribution in [0.3, 0.4) is 0 Å². The van der Waals surface area contributed by atoms with E-state index in [9.17, 15) is 9.59 Å². The fourth-order valence-electron chi connectivity index (χ4n) is 1.59. The van der Waals surface area contributed by atoms with Gasteiger partial charge in [0, 0.05) is 18.8 Å². The van der Waals surface area contributed by atoms with Gasteiger partial charge in [-0.15, -0.1) is 0 Å². The zero-order valence-electron chi connectivity index (χ0n) is 9.65. The van der Waals surface area contributed by atoms with E-state index < -0.39 is 6.03 Å². The molecule has 2 rings (SSSR count). The minimum Gasteiger partial charge on any atom is -0.373 e. The molecule has 7 nitrogen and oxygen atoms in total. The van der Waals surface area contributed by atoms with E-state index in [4.69, 9.17) is 0 Å². The number of hydrogen-bond donors (Lipinski definition) is 2. The predicted octanol–water partition coefficient (Wildman–Crippen LogP) is -0.121. The summed E-state index contributed by atoms with van der Waals surface area (Å²) in [7, 11) is 1.75. The second-order valence-corrected chi connectivity index (χ2v) is 3.70. The maximum absolute atomic E-state index is 11.4. The van der Waals surface area contributed by atoms with E-state index in [1.165, 1.54) is 0 Å². The quantitative estimate of drug-likeness (QED) is 0.713. The Morgan fingerprint density at radius 2 is 2.24 bits per heavy atom. The summed E-state index contributed by atoms with van der Waals surface area (Å²) in [6.07, 6.45) is 0. The highest BCUT2D eigenvalue weighted by molar-refractivity contribution is 6.01. The van der Waals surface area contributed by atoms with E-state index in [1.807, 2.05) is 6.92 Å². The summed E-state index contributed by atoms with van der Waals surface area (Å²) in [6, 6.07) is 1.39. The number of rotatable bonds is 3. The van der Waals surface area contributed by atoms with Gasteiger partial charge in [-0.2, -0.15) is 0 Å². The van der Waals surface area contributed by atoms with Gasteiger partial charge in [0.2, 0.25) is 5.91 Å². The molecule has 2 N–H and O–H groups in total. The number of amides is 3. The number of imide groups is 1. The standard InChI is InChI=1S/C10H13N5O2/c1-6-3-7(11-2)14-8(13-6)5-15-9(16)4-12-10(15)17/h3H,4-5H2,1-2H3,(H,12,17)(H,11,13,14). The smallest absolute Gasteiger partial charge is 0.325 e. The Balaban J connectivity index is 2.20. The molecule has 1 aromatic rings. The Labute approximate surface area is 98.2 Å². The van der Waals surface area contributed by atoms with E-state index in [0.717, 1.165) is 10.6 Å². The van der Waals surface area contributed by atoms with Crippen LogP contribution < -0.4 is 10.6 Å². The Bertz CT molecular complexity index is 458. The molecule has 1 aromatic heterocycles. The second kappa shape index (κ2) is 4.36. The lowest BCUT2D eigenvalue weighted by Crippen LogP contribution is -2.31. The number of anilines is 1. The number of urea groups is 1. The van der Waals surface area contributed by atoms with Gasteiger partial charge in [-0.1, -0.05) is 0 Å². The van der Waals surface area contributed by atoms with Crippen LogP contribution in [0.2, 0.25) is 0 Å². The van der Waals surface area contributed by atoms with Crippen molar-refractivity contribution in [1.82, 2.24) is 20.2 Å². The topological polar surface area (TPSA) is 87.2 Å². The average Bonchev–Trinajstić information content (AvgIpc) is 2.60. The van der Waals surface area contributed by atoms with Crippen molar-refractivity contribution < 1.29 is 9.59 Å². The summed E-state index contributed by atoms with van der Waals surface area (Å²) in [5.41, 5.74) is 0.784. The molecule has 3 amide bonds. The Morgan fingerprint density at radius 1 is 1.47 bits per heavy atom. The summed E-state index contributed by atoms with van der Waals surface area (Å²) >= 11 is 0. The number of aromatic nitrogens is 2. The average molecular weight is 235 g/mol. The van der Waals surface area contributed by atoms with E-state index >= 15 is 0 Å². The molecule has 0 unspecified atom stereocenters. The first-order valence-corrected chi connectivity index (χ1v) is 5.20. The second-order valence-electron chi connectivity index (χ2n) is 3.70. The largest absolute Gasteiger partial charge is 0.373 e. The van der Waals surface area contributed by atoms with Crippen LogP contribution in [-0.4, -0.2) is 40.4 Å². The van der Waals surface area contributed by atoms with Gasteiger partial charge in [-0.05, 0) is 6.92 Å². The fourth-order valence-corrected chi connectivity index (χ4v) is 1.59. The Kier molecular flexibility index (Phi) is 2.90. The van der Waals surface area contributed by atoms with Crippen LogP contribution in [0.25, 0.3) is 0 Å². The molecule has 1 saturated heterocycles. The van der Waals surface area contributed by atoms with Gasteiger partial charge in [0.1, 0.15) is 5.82 Å². The zero-order chi connectivity index (χ0) is 12.4. The zero-order valence-corrected chi connectivity index (χ0v) is 9.65. The molecule has 0 atom stereocenters. The molecule has 2 heterocycles. The van der Waals surface area contributed by atoms with Gasteiger partial charge in [-0.3, -0.25) is 9.69 Å².